The van der Waals surface area contributed by atoms with E-state index in [1.807, 2.05) is 17.8 Å². The molecule has 3 N–H and O–H groups in total. The number of hydrogen-bond acceptors (Lipinski definition) is 4. The highest BCUT2D eigenvalue weighted by Gasteiger charge is 2.12. The molecule has 0 aliphatic carbocycles. The summed E-state index contributed by atoms with van der Waals surface area (Å²) >= 11 is 0. The smallest absolute Gasteiger partial charge is 0.124 e. The summed E-state index contributed by atoms with van der Waals surface area (Å²) in [6, 6.07) is 4.84. The minimum atomic E-state index is -0.0783. The first kappa shape index (κ1) is 13.3. The molecule has 0 aliphatic rings. The van der Waals surface area contributed by atoms with Crippen LogP contribution in [-0.2, 0) is 0 Å². The summed E-state index contributed by atoms with van der Waals surface area (Å²) < 4.78 is 1.87. The Hall–Kier alpha value is -2.17. The molecule has 0 saturated carbocycles. The summed E-state index contributed by atoms with van der Waals surface area (Å²) in [7, 11) is 0. The number of hydrogen-bond donors (Lipinski definition) is 3. The highest BCUT2D eigenvalue weighted by molar-refractivity contribution is 5.46. The third kappa shape index (κ3) is 2.99. The maximum Gasteiger partial charge on any atom is 0.124 e. The number of aromatic nitrogens is 2. The van der Waals surface area contributed by atoms with Crippen molar-refractivity contribution in [2.75, 3.05) is 5.32 Å². The summed E-state index contributed by atoms with van der Waals surface area (Å²) in [6.45, 7) is 6.07. The van der Waals surface area contributed by atoms with Gasteiger partial charge in [-0.3, -0.25) is 4.68 Å². The lowest BCUT2D eigenvalue weighted by atomic mass is 10.1. The third-order valence-electron chi connectivity index (χ3n) is 2.99. The molecule has 1 heterocycles. The molecule has 2 rings (SSSR count). The molecule has 1 aromatic carbocycles. The predicted molar refractivity (Wildman–Crippen MR) is 74.4 cm³/mol. The van der Waals surface area contributed by atoms with E-state index < -0.39 is 0 Å². The van der Waals surface area contributed by atoms with Gasteiger partial charge in [-0.15, -0.1) is 0 Å². The molecule has 0 saturated heterocycles. The van der Waals surface area contributed by atoms with Gasteiger partial charge in [0.15, 0.2) is 0 Å². The summed E-state index contributed by atoms with van der Waals surface area (Å²) in [5.74, 6) is 0.136. The molecule has 0 fully saturated rings. The van der Waals surface area contributed by atoms with Crippen molar-refractivity contribution in [3.63, 3.8) is 0 Å². The maximum atomic E-state index is 9.81. The van der Waals surface area contributed by atoms with Crippen molar-refractivity contribution in [1.82, 2.24) is 9.78 Å². The van der Waals surface area contributed by atoms with E-state index in [2.05, 4.69) is 24.3 Å². The van der Waals surface area contributed by atoms with E-state index in [0.717, 1.165) is 11.3 Å². The molecule has 1 aromatic heterocycles. The van der Waals surface area contributed by atoms with Crippen molar-refractivity contribution in [2.45, 2.75) is 32.9 Å². The van der Waals surface area contributed by atoms with Gasteiger partial charge in [0, 0.05) is 23.9 Å². The molecule has 0 aliphatic heterocycles. The first-order valence-corrected chi connectivity index (χ1v) is 6.30. The van der Waals surface area contributed by atoms with Crippen LogP contribution in [0.3, 0.4) is 0 Å². The molecule has 1 atom stereocenters. The molecule has 102 valence electrons. The van der Waals surface area contributed by atoms with Crippen molar-refractivity contribution < 1.29 is 10.2 Å². The Morgan fingerprint density at radius 2 is 1.95 bits per heavy atom. The lowest BCUT2D eigenvalue weighted by Gasteiger charge is -2.15. The number of nitrogens with one attached hydrogen (secondary N) is 1. The van der Waals surface area contributed by atoms with Gasteiger partial charge in [0.2, 0.25) is 0 Å². The molecule has 2 aromatic rings. The fourth-order valence-corrected chi connectivity index (χ4v) is 1.92. The van der Waals surface area contributed by atoms with Crippen LogP contribution in [0.2, 0.25) is 0 Å². The number of anilines is 1. The van der Waals surface area contributed by atoms with Crippen LogP contribution in [0.25, 0.3) is 0 Å². The Labute approximate surface area is 112 Å². The summed E-state index contributed by atoms with van der Waals surface area (Å²) in [6.07, 6.45) is 3.69. The molecule has 1 unspecified atom stereocenters. The zero-order valence-corrected chi connectivity index (χ0v) is 11.3. The fraction of sp³-hybridized carbons (Fsp3) is 0.357. The second kappa shape index (κ2) is 5.22. The van der Waals surface area contributed by atoms with E-state index in [0.29, 0.717) is 6.04 Å². The maximum absolute atomic E-state index is 9.81. The van der Waals surface area contributed by atoms with Crippen LogP contribution >= 0.6 is 0 Å². The first-order chi connectivity index (χ1) is 8.97. The van der Waals surface area contributed by atoms with Crippen LogP contribution in [0.5, 0.6) is 11.5 Å². The minimum absolute atomic E-state index is 0.0566. The summed E-state index contributed by atoms with van der Waals surface area (Å²) in [4.78, 5) is 0. The molecular weight excluding hydrogens is 242 g/mol. The van der Waals surface area contributed by atoms with Crippen LogP contribution in [0.4, 0.5) is 5.69 Å². The van der Waals surface area contributed by atoms with Gasteiger partial charge in [-0.25, -0.2) is 0 Å². The van der Waals surface area contributed by atoms with Gasteiger partial charge >= 0.3 is 0 Å². The first-order valence-electron chi connectivity index (χ1n) is 6.30. The highest BCUT2D eigenvalue weighted by atomic mass is 16.3. The van der Waals surface area contributed by atoms with Crippen LogP contribution in [0, 0.1) is 0 Å². The molecule has 19 heavy (non-hydrogen) atoms. The summed E-state index contributed by atoms with van der Waals surface area (Å²) in [5, 5.41) is 26.6. The van der Waals surface area contributed by atoms with Crippen molar-refractivity contribution in [3.8, 4) is 11.5 Å². The number of nitrogens with zero attached hydrogens (tertiary/aromatic N) is 2. The number of rotatable bonds is 4. The molecule has 5 heteroatoms. The van der Waals surface area contributed by atoms with Crippen molar-refractivity contribution >= 4 is 5.69 Å². The molecule has 0 amide bonds. The molecule has 0 radical (unpaired) electrons. The van der Waals surface area contributed by atoms with Gasteiger partial charge in [-0.05, 0) is 32.9 Å². The normalized spacial score (nSPS) is 12.6. The Balaban J connectivity index is 2.13. The van der Waals surface area contributed by atoms with Gasteiger partial charge < -0.3 is 15.5 Å². The highest BCUT2D eigenvalue weighted by Crippen LogP contribution is 2.29. The van der Waals surface area contributed by atoms with E-state index in [4.69, 9.17) is 0 Å². The average Bonchev–Trinajstić information content (AvgIpc) is 2.77. The van der Waals surface area contributed by atoms with Crippen LogP contribution in [-0.4, -0.2) is 20.0 Å². The van der Waals surface area contributed by atoms with Crippen LogP contribution < -0.4 is 5.32 Å². The van der Waals surface area contributed by atoms with Gasteiger partial charge in [0.25, 0.3) is 0 Å². The quantitative estimate of drug-likeness (QED) is 0.791. The van der Waals surface area contributed by atoms with E-state index in [-0.39, 0.29) is 17.5 Å². The van der Waals surface area contributed by atoms with Gasteiger partial charge in [-0.1, -0.05) is 0 Å². The van der Waals surface area contributed by atoms with Crippen molar-refractivity contribution in [1.29, 1.82) is 0 Å². The van der Waals surface area contributed by atoms with Crippen molar-refractivity contribution in [3.05, 3.63) is 36.2 Å². The number of aromatic hydroxyl groups is 2. The van der Waals surface area contributed by atoms with Gasteiger partial charge in [-0.2, -0.15) is 5.10 Å². The number of benzene rings is 1. The SMILES string of the molecule is CC(Nc1cnn(C(C)C)c1)c1ccc(O)cc1O. The standard InChI is InChI=1S/C14H19N3O2/c1-9(2)17-8-11(7-15-17)16-10(3)13-5-4-12(18)6-14(13)19/h4-10,16,18-19H,1-3H3. The summed E-state index contributed by atoms with van der Waals surface area (Å²) in [5.41, 5.74) is 1.63. The van der Waals surface area contributed by atoms with E-state index in [9.17, 15) is 10.2 Å². The second-order valence-electron chi connectivity index (χ2n) is 4.91. The lowest BCUT2D eigenvalue weighted by Crippen LogP contribution is -2.06. The average molecular weight is 261 g/mol. The van der Waals surface area contributed by atoms with Crippen molar-refractivity contribution in [2.24, 2.45) is 0 Å². The van der Waals surface area contributed by atoms with E-state index in [1.165, 1.54) is 6.07 Å². The van der Waals surface area contributed by atoms with E-state index >= 15 is 0 Å². The minimum Gasteiger partial charge on any atom is -0.508 e. The fourth-order valence-electron chi connectivity index (χ4n) is 1.92. The Bertz CT molecular complexity index is 564. The molecular formula is C14H19N3O2. The van der Waals surface area contributed by atoms with E-state index in [1.54, 1.807) is 18.3 Å². The van der Waals surface area contributed by atoms with Gasteiger partial charge in [0.05, 0.1) is 17.9 Å². The topological polar surface area (TPSA) is 70.3 Å². The molecule has 0 spiro atoms. The molecule has 5 nitrogen and oxygen atoms in total. The van der Waals surface area contributed by atoms with Crippen LogP contribution in [0.15, 0.2) is 30.6 Å². The Morgan fingerprint density at radius 3 is 2.53 bits per heavy atom. The lowest BCUT2D eigenvalue weighted by molar-refractivity contribution is 0.444. The zero-order valence-electron chi connectivity index (χ0n) is 11.3. The third-order valence-corrected chi connectivity index (χ3v) is 2.99. The Kier molecular flexibility index (Phi) is 3.64. The van der Waals surface area contributed by atoms with Gasteiger partial charge in [0.1, 0.15) is 11.5 Å². The monoisotopic (exact) mass is 261 g/mol. The van der Waals surface area contributed by atoms with Crippen LogP contribution in [0.1, 0.15) is 38.4 Å². The Morgan fingerprint density at radius 1 is 1.21 bits per heavy atom. The number of phenols is 2. The second-order valence-corrected chi connectivity index (χ2v) is 4.91. The molecule has 0 bridgehead atoms. The largest absolute Gasteiger partial charge is 0.508 e. The number of phenolic OH excluding ortho intramolecular Hbond substituents is 2. The zero-order chi connectivity index (χ0) is 14.0. The predicted octanol–water partition coefficient (Wildman–Crippen LogP) is 3.05.